The zero-order chi connectivity index (χ0) is 24.4. The molecule has 2 aromatic rings. The maximum atomic E-state index is 14.2. The molecule has 0 unspecified atom stereocenters. The van der Waals surface area contributed by atoms with Crippen molar-refractivity contribution in [2.75, 3.05) is 4.90 Å². The predicted molar refractivity (Wildman–Crippen MR) is 119 cm³/mol. The molecule has 0 spiro atoms. The van der Waals surface area contributed by atoms with Gasteiger partial charge < -0.3 is 5.32 Å². The van der Waals surface area contributed by atoms with Gasteiger partial charge in [0.15, 0.2) is 5.54 Å². The molecule has 1 saturated carbocycles. The van der Waals surface area contributed by atoms with Gasteiger partial charge in [0.1, 0.15) is 6.33 Å². The number of anilines is 1. The highest BCUT2D eigenvalue weighted by Crippen LogP contribution is 2.38. The van der Waals surface area contributed by atoms with Crippen LogP contribution in [0.4, 0.5) is 18.9 Å². The molecule has 11 heteroatoms. The van der Waals surface area contributed by atoms with Crippen LogP contribution in [-0.4, -0.2) is 39.4 Å². The zero-order valence-corrected chi connectivity index (χ0v) is 19.5. The van der Waals surface area contributed by atoms with Crippen LogP contribution < -0.4 is 10.2 Å². The van der Waals surface area contributed by atoms with E-state index in [0.29, 0.717) is 5.56 Å². The molecule has 1 aromatic heterocycles. The summed E-state index contributed by atoms with van der Waals surface area (Å²) in [5.41, 5.74) is -3.33. The van der Waals surface area contributed by atoms with Gasteiger partial charge in [-0.05, 0) is 44.4 Å². The minimum absolute atomic E-state index is 0.0612. The highest BCUT2D eigenvalue weighted by molar-refractivity contribution is 6.33. The first-order valence-electron chi connectivity index (χ1n) is 10.3. The Bertz CT molecular complexity index is 1020. The molecule has 1 N–H and O–H groups in total. The maximum Gasteiger partial charge on any atom is 0.278 e. The summed E-state index contributed by atoms with van der Waals surface area (Å²) in [6, 6.07) is 4.00. The minimum atomic E-state index is -2.78. The van der Waals surface area contributed by atoms with Crippen LogP contribution in [0.1, 0.15) is 43.7 Å². The Balaban J connectivity index is 2.08. The van der Waals surface area contributed by atoms with Gasteiger partial charge in [-0.2, -0.15) is 0 Å². The summed E-state index contributed by atoms with van der Waals surface area (Å²) in [6.45, 7) is 3.14. The van der Waals surface area contributed by atoms with E-state index >= 15 is 0 Å². The van der Waals surface area contributed by atoms with Gasteiger partial charge in [-0.15, -0.1) is 0 Å². The molecule has 178 valence electrons. The molecule has 3 rings (SSSR count). The number of benzene rings is 1. The van der Waals surface area contributed by atoms with Crippen LogP contribution in [0.25, 0.3) is 0 Å². The van der Waals surface area contributed by atoms with Crippen LogP contribution in [-0.2, 0) is 15.1 Å². The number of amides is 2. The van der Waals surface area contributed by atoms with Gasteiger partial charge in [-0.1, -0.05) is 29.3 Å². The highest BCUT2D eigenvalue weighted by atomic mass is 35.5. The summed E-state index contributed by atoms with van der Waals surface area (Å²) in [5.74, 6) is -4.69. The summed E-state index contributed by atoms with van der Waals surface area (Å²) in [5, 5.41) is 3.03. The zero-order valence-electron chi connectivity index (χ0n) is 18.0. The van der Waals surface area contributed by atoms with E-state index in [0.717, 1.165) is 4.90 Å². The van der Waals surface area contributed by atoms with Crippen LogP contribution in [0.3, 0.4) is 0 Å². The molecular weight excluding hydrogens is 480 g/mol. The first-order chi connectivity index (χ1) is 15.5. The van der Waals surface area contributed by atoms with Crippen LogP contribution in [0.2, 0.25) is 5.02 Å². The molecule has 0 bridgehead atoms. The average molecular weight is 503 g/mol. The van der Waals surface area contributed by atoms with Crippen molar-refractivity contribution < 1.29 is 22.8 Å². The molecule has 1 aromatic carbocycles. The third kappa shape index (κ3) is 5.41. The van der Waals surface area contributed by atoms with E-state index in [1.807, 2.05) is 0 Å². The van der Waals surface area contributed by atoms with Crippen LogP contribution in [0, 0.1) is 6.92 Å². The van der Waals surface area contributed by atoms with E-state index in [1.54, 1.807) is 13.0 Å². The van der Waals surface area contributed by atoms with Crippen molar-refractivity contribution in [3.8, 4) is 0 Å². The number of aromatic nitrogens is 2. The van der Waals surface area contributed by atoms with E-state index in [9.17, 15) is 22.8 Å². The molecule has 6 nitrogen and oxygen atoms in total. The van der Waals surface area contributed by atoms with Gasteiger partial charge in [-0.25, -0.2) is 23.1 Å². The number of nitrogens with one attached hydrogen (secondary N) is 1. The number of nitrogens with zero attached hydrogens (tertiary/aromatic N) is 3. The third-order valence-corrected chi connectivity index (χ3v) is 6.48. The van der Waals surface area contributed by atoms with Crippen molar-refractivity contribution in [1.82, 2.24) is 15.3 Å². The molecule has 0 saturated heterocycles. The lowest BCUT2D eigenvalue weighted by atomic mass is 9.87. The van der Waals surface area contributed by atoms with Crippen LogP contribution >= 0.6 is 23.2 Å². The third-order valence-electron chi connectivity index (χ3n) is 5.89. The lowest BCUT2D eigenvalue weighted by Crippen LogP contribution is -2.60. The Labute approximate surface area is 199 Å². The second-order valence-corrected chi connectivity index (χ2v) is 9.00. The molecule has 1 aliphatic carbocycles. The van der Waals surface area contributed by atoms with Gasteiger partial charge in [-0.3, -0.25) is 14.5 Å². The van der Waals surface area contributed by atoms with Crippen molar-refractivity contribution in [2.45, 2.75) is 62.7 Å². The molecule has 33 heavy (non-hydrogen) atoms. The fourth-order valence-corrected chi connectivity index (χ4v) is 4.12. The SMILES string of the molecule is Cc1ccc(N(C(=O)[C@H](F)Cl)[C@@](C)(C(=O)NC2CCC(F)(F)CC2)c2cncnc2)cc1Cl. The maximum absolute atomic E-state index is 14.2. The van der Waals surface area contributed by atoms with Crippen molar-refractivity contribution in [3.63, 3.8) is 0 Å². The van der Waals surface area contributed by atoms with Crippen LogP contribution in [0.5, 0.6) is 0 Å². The number of hydrogen-bond donors (Lipinski definition) is 1. The van der Waals surface area contributed by atoms with Gasteiger partial charge in [0, 0.05) is 47.6 Å². The number of aryl methyl sites for hydroxylation is 1. The van der Waals surface area contributed by atoms with Crippen LogP contribution in [0.15, 0.2) is 36.9 Å². The van der Waals surface area contributed by atoms with Gasteiger partial charge in [0.25, 0.3) is 17.4 Å². The minimum Gasteiger partial charge on any atom is -0.351 e. The lowest BCUT2D eigenvalue weighted by molar-refractivity contribution is -0.132. The summed E-state index contributed by atoms with van der Waals surface area (Å²) in [4.78, 5) is 35.4. The number of carbonyl (C=O) groups is 2. The normalized spacial score (nSPS) is 18.8. The number of rotatable bonds is 6. The topological polar surface area (TPSA) is 75.2 Å². The summed E-state index contributed by atoms with van der Waals surface area (Å²) in [6.07, 6.45) is 3.26. The van der Waals surface area contributed by atoms with E-state index in [-0.39, 0.29) is 42.0 Å². The van der Waals surface area contributed by atoms with E-state index in [1.165, 1.54) is 37.8 Å². The molecule has 1 heterocycles. The quantitative estimate of drug-likeness (QED) is 0.569. The molecule has 2 atom stereocenters. The molecule has 2 amide bonds. The van der Waals surface area contributed by atoms with Crippen molar-refractivity contribution in [3.05, 3.63) is 53.1 Å². The van der Waals surface area contributed by atoms with Crippen molar-refractivity contribution in [2.24, 2.45) is 0 Å². The smallest absolute Gasteiger partial charge is 0.278 e. The Morgan fingerprint density at radius 2 is 1.85 bits per heavy atom. The molecule has 0 radical (unpaired) electrons. The van der Waals surface area contributed by atoms with Crippen molar-refractivity contribution >= 4 is 40.7 Å². The van der Waals surface area contributed by atoms with E-state index in [4.69, 9.17) is 23.2 Å². The number of alkyl halides is 4. The fraction of sp³-hybridized carbons (Fsp3) is 0.455. The summed E-state index contributed by atoms with van der Waals surface area (Å²) in [7, 11) is 0. The van der Waals surface area contributed by atoms with Crippen molar-refractivity contribution in [1.29, 1.82) is 0 Å². The first-order valence-corrected chi connectivity index (χ1v) is 11.1. The molecule has 1 aliphatic rings. The monoisotopic (exact) mass is 502 g/mol. The summed E-state index contributed by atoms with van der Waals surface area (Å²) < 4.78 is 41.3. The predicted octanol–water partition coefficient (Wildman–Crippen LogP) is 4.92. The summed E-state index contributed by atoms with van der Waals surface area (Å²) >= 11 is 11.8. The van der Waals surface area contributed by atoms with Gasteiger partial charge in [0.2, 0.25) is 5.92 Å². The largest absolute Gasteiger partial charge is 0.351 e. The number of hydrogen-bond acceptors (Lipinski definition) is 4. The highest BCUT2D eigenvalue weighted by Gasteiger charge is 2.48. The standard InChI is InChI=1S/C22H23Cl2F3N4O2/c1-13-3-4-16(9-17(13)23)31(19(32)18(24)25)21(2,14-10-28-12-29-11-14)20(33)30-15-5-7-22(26,27)8-6-15/h3-4,9-12,15,18H,5-8H2,1-2H3,(H,30,33)/t18-,21+/m0/s1. The fourth-order valence-electron chi connectivity index (χ4n) is 3.85. The Morgan fingerprint density at radius 3 is 2.39 bits per heavy atom. The molecular formula is C22H23Cl2F3N4O2. The first kappa shape index (κ1) is 25.2. The number of halogens is 5. The molecule has 0 aliphatic heterocycles. The van der Waals surface area contributed by atoms with Gasteiger partial charge >= 0.3 is 0 Å². The lowest BCUT2D eigenvalue weighted by Gasteiger charge is -2.41. The Hall–Kier alpha value is -2.39. The molecule has 1 fully saturated rings. The average Bonchev–Trinajstić information content (AvgIpc) is 2.78. The second kappa shape index (κ2) is 9.85. The Kier molecular flexibility index (Phi) is 7.53. The van der Waals surface area contributed by atoms with E-state index in [2.05, 4.69) is 15.3 Å². The number of carbonyl (C=O) groups excluding carboxylic acids is 2. The van der Waals surface area contributed by atoms with E-state index < -0.39 is 34.9 Å². The second-order valence-electron chi connectivity index (χ2n) is 8.21. The Morgan fingerprint density at radius 1 is 1.24 bits per heavy atom. The van der Waals surface area contributed by atoms with Gasteiger partial charge in [0.05, 0.1) is 0 Å².